The molecule has 1 aromatic carbocycles. The van der Waals surface area contributed by atoms with Gasteiger partial charge in [-0.1, -0.05) is 30.3 Å². The van der Waals surface area contributed by atoms with Gasteiger partial charge in [-0.25, -0.2) is 0 Å². The van der Waals surface area contributed by atoms with E-state index in [1.165, 1.54) is 5.56 Å². The Balaban J connectivity index is 0.00000200. The van der Waals surface area contributed by atoms with E-state index >= 15 is 0 Å². The van der Waals surface area contributed by atoms with Crippen LogP contribution in [0.3, 0.4) is 0 Å². The Labute approximate surface area is 139 Å². The van der Waals surface area contributed by atoms with E-state index in [0.29, 0.717) is 6.04 Å². The second kappa shape index (κ2) is 10.0. The van der Waals surface area contributed by atoms with Gasteiger partial charge in [0.15, 0.2) is 0 Å². The topological polar surface area (TPSA) is 49.6 Å². The summed E-state index contributed by atoms with van der Waals surface area (Å²) in [5.41, 5.74) is 6.76. The zero-order chi connectivity index (χ0) is 13.7. The van der Waals surface area contributed by atoms with Crippen molar-refractivity contribution in [2.75, 3.05) is 26.7 Å². The minimum absolute atomic E-state index is 0. The Morgan fingerprint density at radius 3 is 2.62 bits per heavy atom. The van der Waals surface area contributed by atoms with Gasteiger partial charge in [-0.05, 0) is 24.9 Å². The van der Waals surface area contributed by atoms with E-state index in [9.17, 15) is 4.79 Å². The number of carbonyl (C=O) groups excluding carboxylic acids is 1. The van der Waals surface area contributed by atoms with Gasteiger partial charge in [0.1, 0.15) is 0 Å². The molecule has 1 aromatic rings. The standard InChI is InChI=1S/C15H23N3O.2ClH/c1-17(15(19)10-16)14-8-5-9-18(12-14)11-13-6-3-2-4-7-13;;/h2-4,6-7,14H,5,8-12,16H2,1H3;2*1H. The Kier molecular flexibility index (Phi) is 9.62. The molecule has 1 unspecified atom stereocenters. The van der Waals surface area contributed by atoms with Crippen LogP contribution in [0.4, 0.5) is 0 Å². The van der Waals surface area contributed by atoms with Gasteiger partial charge in [-0.2, -0.15) is 0 Å². The van der Waals surface area contributed by atoms with E-state index in [4.69, 9.17) is 5.73 Å². The minimum atomic E-state index is 0. The molecule has 0 aliphatic carbocycles. The number of amides is 1. The number of hydrogen-bond acceptors (Lipinski definition) is 3. The van der Waals surface area contributed by atoms with E-state index in [1.807, 2.05) is 18.0 Å². The highest BCUT2D eigenvalue weighted by molar-refractivity contribution is 5.85. The summed E-state index contributed by atoms with van der Waals surface area (Å²) in [6, 6.07) is 10.8. The van der Waals surface area contributed by atoms with Crippen LogP contribution >= 0.6 is 24.8 Å². The normalized spacial score (nSPS) is 18.3. The molecule has 0 bridgehead atoms. The summed E-state index contributed by atoms with van der Waals surface area (Å²) >= 11 is 0. The summed E-state index contributed by atoms with van der Waals surface area (Å²) in [6.07, 6.45) is 2.22. The second-order valence-electron chi connectivity index (χ2n) is 5.23. The molecule has 0 spiro atoms. The summed E-state index contributed by atoms with van der Waals surface area (Å²) in [7, 11) is 1.87. The number of nitrogens with two attached hydrogens (primary N) is 1. The van der Waals surface area contributed by atoms with Crippen LogP contribution in [0.5, 0.6) is 0 Å². The zero-order valence-electron chi connectivity index (χ0n) is 12.4. The molecule has 6 heteroatoms. The molecular formula is C15H25Cl2N3O. The van der Waals surface area contributed by atoms with E-state index in [1.54, 1.807) is 0 Å². The fourth-order valence-corrected chi connectivity index (χ4v) is 2.68. The van der Waals surface area contributed by atoms with Crippen LogP contribution in [0.25, 0.3) is 0 Å². The highest BCUT2D eigenvalue weighted by Gasteiger charge is 2.25. The molecule has 2 N–H and O–H groups in total. The van der Waals surface area contributed by atoms with Crippen LogP contribution in [0.2, 0.25) is 0 Å². The maximum atomic E-state index is 11.7. The molecule has 1 fully saturated rings. The Morgan fingerprint density at radius 2 is 2.00 bits per heavy atom. The van der Waals surface area contributed by atoms with Crippen LogP contribution in [-0.4, -0.2) is 48.4 Å². The van der Waals surface area contributed by atoms with E-state index in [2.05, 4.69) is 29.2 Å². The molecule has 0 radical (unpaired) electrons. The lowest BCUT2D eigenvalue weighted by atomic mass is 10.0. The third kappa shape index (κ3) is 5.83. The van der Waals surface area contributed by atoms with Crippen LogP contribution < -0.4 is 5.73 Å². The molecule has 1 aliphatic heterocycles. The maximum absolute atomic E-state index is 11.7. The average molecular weight is 334 g/mol. The van der Waals surface area contributed by atoms with Gasteiger partial charge in [0.05, 0.1) is 6.54 Å². The smallest absolute Gasteiger partial charge is 0.236 e. The molecule has 4 nitrogen and oxygen atoms in total. The number of piperidine rings is 1. The maximum Gasteiger partial charge on any atom is 0.236 e. The first-order valence-electron chi connectivity index (χ1n) is 6.92. The summed E-state index contributed by atoms with van der Waals surface area (Å²) < 4.78 is 0. The van der Waals surface area contributed by atoms with Crippen molar-refractivity contribution in [2.45, 2.75) is 25.4 Å². The van der Waals surface area contributed by atoms with Crippen LogP contribution in [0, 0.1) is 0 Å². The largest absolute Gasteiger partial charge is 0.340 e. The molecular weight excluding hydrogens is 309 g/mol. The van der Waals surface area contributed by atoms with Crippen molar-refractivity contribution < 1.29 is 4.79 Å². The zero-order valence-corrected chi connectivity index (χ0v) is 14.0. The molecule has 1 aliphatic rings. The number of halogens is 2. The lowest BCUT2D eigenvalue weighted by molar-refractivity contribution is -0.131. The van der Waals surface area contributed by atoms with Crippen molar-refractivity contribution in [3.05, 3.63) is 35.9 Å². The first-order valence-corrected chi connectivity index (χ1v) is 6.92. The highest BCUT2D eigenvalue weighted by Crippen LogP contribution is 2.17. The van der Waals surface area contributed by atoms with Crippen molar-refractivity contribution in [1.82, 2.24) is 9.80 Å². The van der Waals surface area contributed by atoms with Crippen molar-refractivity contribution in [3.63, 3.8) is 0 Å². The number of nitrogens with zero attached hydrogens (tertiary/aromatic N) is 2. The predicted octanol–water partition coefficient (Wildman–Crippen LogP) is 1.91. The number of likely N-dealkylation sites (tertiary alicyclic amines) is 1. The fraction of sp³-hybridized carbons (Fsp3) is 0.533. The average Bonchev–Trinajstić information content (AvgIpc) is 2.47. The van der Waals surface area contributed by atoms with Gasteiger partial charge in [-0.3, -0.25) is 9.69 Å². The number of carbonyl (C=O) groups is 1. The first-order chi connectivity index (χ1) is 9.20. The van der Waals surface area contributed by atoms with Crippen LogP contribution in [0.15, 0.2) is 30.3 Å². The molecule has 0 saturated carbocycles. The van der Waals surface area contributed by atoms with E-state index < -0.39 is 0 Å². The van der Waals surface area contributed by atoms with Crippen LogP contribution in [0.1, 0.15) is 18.4 Å². The minimum Gasteiger partial charge on any atom is -0.340 e. The first kappa shape index (κ1) is 20.2. The lowest BCUT2D eigenvalue weighted by Crippen LogP contribution is -2.49. The van der Waals surface area contributed by atoms with Crippen molar-refractivity contribution in [2.24, 2.45) is 5.73 Å². The van der Waals surface area contributed by atoms with Gasteiger partial charge >= 0.3 is 0 Å². The van der Waals surface area contributed by atoms with Gasteiger partial charge in [0.2, 0.25) is 5.91 Å². The van der Waals surface area contributed by atoms with E-state index in [0.717, 1.165) is 32.5 Å². The quantitative estimate of drug-likeness (QED) is 0.915. The summed E-state index contributed by atoms with van der Waals surface area (Å²) in [5, 5.41) is 0. The van der Waals surface area contributed by atoms with Gasteiger partial charge in [0.25, 0.3) is 0 Å². The van der Waals surface area contributed by atoms with Crippen LogP contribution in [-0.2, 0) is 11.3 Å². The molecule has 21 heavy (non-hydrogen) atoms. The summed E-state index contributed by atoms with van der Waals surface area (Å²) in [6.45, 7) is 3.11. The second-order valence-corrected chi connectivity index (χ2v) is 5.23. The molecule has 1 saturated heterocycles. The van der Waals surface area contributed by atoms with Gasteiger partial charge in [-0.15, -0.1) is 24.8 Å². The Morgan fingerprint density at radius 1 is 1.33 bits per heavy atom. The van der Waals surface area contributed by atoms with Crippen molar-refractivity contribution in [3.8, 4) is 0 Å². The van der Waals surface area contributed by atoms with E-state index in [-0.39, 0.29) is 37.3 Å². The monoisotopic (exact) mass is 333 g/mol. The van der Waals surface area contributed by atoms with Crippen molar-refractivity contribution in [1.29, 1.82) is 0 Å². The van der Waals surface area contributed by atoms with Gasteiger partial charge < -0.3 is 10.6 Å². The molecule has 120 valence electrons. The molecule has 2 rings (SSSR count). The molecule has 1 heterocycles. The fourth-order valence-electron chi connectivity index (χ4n) is 2.68. The number of benzene rings is 1. The highest BCUT2D eigenvalue weighted by atomic mass is 35.5. The molecule has 0 aromatic heterocycles. The van der Waals surface area contributed by atoms with Crippen molar-refractivity contribution >= 4 is 30.7 Å². The summed E-state index contributed by atoms with van der Waals surface area (Å²) in [4.78, 5) is 15.9. The summed E-state index contributed by atoms with van der Waals surface area (Å²) in [5.74, 6) is 0.0339. The molecule has 1 amide bonds. The number of likely N-dealkylation sites (N-methyl/N-ethyl adjacent to an activating group) is 1. The number of rotatable bonds is 4. The Hall–Kier alpha value is -0.810. The molecule has 1 atom stereocenters. The third-order valence-electron chi connectivity index (χ3n) is 3.85. The third-order valence-corrected chi connectivity index (χ3v) is 3.85. The van der Waals surface area contributed by atoms with Gasteiger partial charge in [0, 0.05) is 26.2 Å². The predicted molar refractivity (Wildman–Crippen MR) is 91.1 cm³/mol. The Bertz CT molecular complexity index is 417. The lowest BCUT2D eigenvalue weighted by Gasteiger charge is -2.37. The SMILES string of the molecule is CN(C(=O)CN)C1CCCN(Cc2ccccc2)C1.Cl.Cl. The number of hydrogen-bond donors (Lipinski definition) is 1.